The van der Waals surface area contributed by atoms with Crippen LogP contribution in [0.15, 0.2) is 41.2 Å². The van der Waals surface area contributed by atoms with Crippen LogP contribution >= 0.6 is 11.3 Å². The minimum Gasteiger partial charge on any atom is -0.462 e. The van der Waals surface area contributed by atoms with Crippen molar-refractivity contribution in [3.05, 3.63) is 52.3 Å². The van der Waals surface area contributed by atoms with Crippen LogP contribution < -0.4 is 15.5 Å². The van der Waals surface area contributed by atoms with Crippen molar-refractivity contribution in [3.63, 3.8) is 0 Å². The van der Waals surface area contributed by atoms with Gasteiger partial charge in [-0.2, -0.15) is 9.97 Å². The van der Waals surface area contributed by atoms with E-state index in [4.69, 9.17) is 9.72 Å². The number of allylic oxidation sites excluding steroid dienone is 1. The maximum Gasteiger partial charge on any atom is 0.350 e. The van der Waals surface area contributed by atoms with Crippen LogP contribution in [0.5, 0.6) is 0 Å². The Balaban J connectivity index is 1.98. The number of likely N-dealkylation sites (N-methyl/N-ethyl adjacent to an activating group) is 1. The molecule has 0 aromatic carbocycles. The lowest BCUT2D eigenvalue weighted by atomic mass is 10.2. The minimum atomic E-state index is -0.398. The van der Waals surface area contributed by atoms with Crippen LogP contribution in [0.3, 0.4) is 0 Å². The number of nitrogens with zero attached hydrogens (tertiary/aromatic N) is 6. The summed E-state index contributed by atoms with van der Waals surface area (Å²) < 4.78 is 5.13. The first kappa shape index (κ1) is 26.7. The lowest BCUT2D eigenvalue weighted by Crippen LogP contribution is -2.22. The second-order valence-electron chi connectivity index (χ2n) is 8.03. The lowest BCUT2D eigenvalue weighted by molar-refractivity contribution is 0.0531. The molecule has 0 aliphatic rings. The van der Waals surface area contributed by atoms with Gasteiger partial charge in [-0.3, -0.25) is 15.3 Å². The van der Waals surface area contributed by atoms with E-state index in [1.165, 1.54) is 16.9 Å². The quantitative estimate of drug-likeness (QED) is 0.191. The molecule has 0 atom stereocenters. The largest absolute Gasteiger partial charge is 0.462 e. The standard InChI is InChI=1S/C25H32N8O2S/c1-7-10-16(3)15-33(6)22-19(26-5)21(28-14-18-11-9-12-27-13-18)30-24(31-22)32-25-29-17(4)20(36-25)23(34)35-8-2/h9-13H,5,7-8,14-15H2,1-4,6H3,(H2,28,29,30,31,32)/b16-10+. The second-order valence-corrected chi connectivity index (χ2v) is 9.03. The average molecular weight is 509 g/mol. The second kappa shape index (κ2) is 12.7. The van der Waals surface area contributed by atoms with E-state index in [1.54, 1.807) is 26.2 Å². The number of esters is 1. The van der Waals surface area contributed by atoms with Gasteiger partial charge in [0.25, 0.3) is 0 Å². The monoisotopic (exact) mass is 508 g/mol. The zero-order valence-electron chi connectivity index (χ0n) is 21.3. The Labute approximate surface area is 215 Å². The molecule has 0 aliphatic heterocycles. The number of nitrogens with one attached hydrogen (secondary N) is 2. The van der Waals surface area contributed by atoms with Gasteiger partial charge >= 0.3 is 5.97 Å². The number of pyridine rings is 1. The molecular formula is C25H32N8O2S. The van der Waals surface area contributed by atoms with Gasteiger partial charge in [-0.15, -0.1) is 0 Å². The molecule has 3 aromatic rings. The summed E-state index contributed by atoms with van der Waals surface area (Å²) in [5.74, 6) is 1.05. The summed E-state index contributed by atoms with van der Waals surface area (Å²) in [5.41, 5.74) is 3.33. The van der Waals surface area contributed by atoms with Gasteiger partial charge in [0.05, 0.1) is 12.3 Å². The zero-order valence-corrected chi connectivity index (χ0v) is 22.1. The van der Waals surface area contributed by atoms with Crippen molar-refractivity contribution in [1.29, 1.82) is 0 Å². The molecule has 0 unspecified atom stereocenters. The third-order valence-corrected chi connectivity index (χ3v) is 6.14. The molecular weight excluding hydrogens is 476 g/mol. The highest BCUT2D eigenvalue weighted by molar-refractivity contribution is 7.17. The van der Waals surface area contributed by atoms with E-state index in [0.717, 1.165) is 12.0 Å². The first-order chi connectivity index (χ1) is 17.4. The van der Waals surface area contributed by atoms with Crippen LogP contribution in [0.25, 0.3) is 0 Å². The molecule has 2 N–H and O–H groups in total. The predicted octanol–water partition coefficient (Wildman–Crippen LogP) is 5.29. The Hall–Kier alpha value is -3.86. The van der Waals surface area contributed by atoms with Crippen LogP contribution in [-0.2, 0) is 11.3 Å². The van der Waals surface area contributed by atoms with Gasteiger partial charge in [-0.05, 0) is 45.5 Å². The molecule has 0 amide bonds. The van der Waals surface area contributed by atoms with Crippen molar-refractivity contribution >= 4 is 52.4 Å². The molecule has 0 fully saturated rings. The van der Waals surface area contributed by atoms with E-state index in [2.05, 4.69) is 57.2 Å². The smallest absolute Gasteiger partial charge is 0.350 e. The summed E-state index contributed by atoms with van der Waals surface area (Å²) in [4.78, 5) is 36.9. The van der Waals surface area contributed by atoms with Crippen molar-refractivity contribution in [3.8, 4) is 0 Å². The van der Waals surface area contributed by atoms with Crippen molar-refractivity contribution < 1.29 is 9.53 Å². The first-order valence-corrected chi connectivity index (χ1v) is 12.5. The SMILES string of the molecule is C=Nc1c(NCc2cccnc2)nc(Nc2nc(C)c(C(=O)OCC)s2)nc1N(C)C/C(C)=C/CC. The Kier molecular flexibility index (Phi) is 9.46. The first-order valence-electron chi connectivity index (χ1n) is 11.7. The Morgan fingerprint density at radius 1 is 1.31 bits per heavy atom. The van der Waals surface area contributed by atoms with Gasteiger partial charge < -0.3 is 15.0 Å². The predicted molar refractivity (Wildman–Crippen MR) is 146 cm³/mol. The number of hydrogen-bond donors (Lipinski definition) is 2. The molecule has 3 heterocycles. The van der Waals surface area contributed by atoms with Crippen molar-refractivity contribution in [2.75, 3.05) is 35.7 Å². The summed E-state index contributed by atoms with van der Waals surface area (Å²) >= 11 is 1.20. The number of ether oxygens (including phenoxy) is 1. The number of aryl methyl sites for hydroxylation is 1. The van der Waals surface area contributed by atoms with Crippen LogP contribution in [0.4, 0.5) is 28.4 Å². The molecule has 3 rings (SSSR count). The lowest BCUT2D eigenvalue weighted by Gasteiger charge is -2.22. The molecule has 0 aliphatic carbocycles. The van der Waals surface area contributed by atoms with Gasteiger partial charge in [0.15, 0.2) is 16.8 Å². The fourth-order valence-corrected chi connectivity index (χ4v) is 4.37. The number of thiazole rings is 1. The molecule has 0 bridgehead atoms. The van der Waals surface area contributed by atoms with Crippen molar-refractivity contribution in [2.45, 2.75) is 40.7 Å². The van der Waals surface area contributed by atoms with Crippen LogP contribution in [0.1, 0.15) is 48.1 Å². The molecule has 0 spiro atoms. The van der Waals surface area contributed by atoms with Gasteiger partial charge in [-0.1, -0.05) is 36.0 Å². The van der Waals surface area contributed by atoms with Gasteiger partial charge in [-0.25, -0.2) is 9.78 Å². The molecule has 3 aromatic heterocycles. The molecule has 190 valence electrons. The topological polar surface area (TPSA) is 118 Å². The third kappa shape index (κ3) is 6.85. The summed E-state index contributed by atoms with van der Waals surface area (Å²) in [5, 5.41) is 6.97. The number of aliphatic imine (C=N–C) groups is 1. The molecule has 36 heavy (non-hydrogen) atoms. The summed E-state index contributed by atoms with van der Waals surface area (Å²) in [7, 11) is 1.95. The van der Waals surface area contributed by atoms with Crippen LogP contribution in [0.2, 0.25) is 0 Å². The number of carbonyl (C=O) groups is 1. The summed E-state index contributed by atoms with van der Waals surface area (Å²) in [6.45, 7) is 12.9. The molecule has 11 heteroatoms. The Bertz CT molecular complexity index is 1230. The fourth-order valence-electron chi connectivity index (χ4n) is 3.52. The Morgan fingerprint density at radius 2 is 2.11 bits per heavy atom. The van der Waals surface area contributed by atoms with E-state index in [0.29, 0.717) is 58.7 Å². The highest BCUT2D eigenvalue weighted by atomic mass is 32.1. The third-order valence-electron chi connectivity index (χ3n) is 5.08. The van der Waals surface area contributed by atoms with Crippen LogP contribution in [-0.4, -0.2) is 52.8 Å². The number of rotatable bonds is 12. The van der Waals surface area contributed by atoms with E-state index in [1.807, 2.05) is 24.1 Å². The molecule has 0 radical (unpaired) electrons. The number of hydrogen-bond acceptors (Lipinski definition) is 11. The Morgan fingerprint density at radius 3 is 2.78 bits per heavy atom. The van der Waals surface area contributed by atoms with Gasteiger partial charge in [0.1, 0.15) is 10.6 Å². The van der Waals surface area contributed by atoms with E-state index >= 15 is 0 Å². The van der Waals surface area contributed by atoms with E-state index < -0.39 is 5.97 Å². The van der Waals surface area contributed by atoms with Crippen LogP contribution in [0, 0.1) is 6.92 Å². The minimum absolute atomic E-state index is 0.297. The number of carbonyl (C=O) groups excluding carboxylic acids is 1. The maximum atomic E-state index is 12.2. The highest BCUT2D eigenvalue weighted by Gasteiger charge is 2.20. The number of anilines is 4. The molecule has 0 saturated carbocycles. The van der Waals surface area contributed by atoms with Gasteiger partial charge in [0, 0.05) is 32.5 Å². The maximum absolute atomic E-state index is 12.2. The fraction of sp³-hybridized carbons (Fsp3) is 0.360. The zero-order chi connectivity index (χ0) is 26.1. The summed E-state index contributed by atoms with van der Waals surface area (Å²) in [6.07, 6.45) is 6.64. The summed E-state index contributed by atoms with van der Waals surface area (Å²) in [6, 6.07) is 3.85. The average Bonchev–Trinajstić information content (AvgIpc) is 3.23. The highest BCUT2D eigenvalue weighted by Crippen LogP contribution is 2.35. The van der Waals surface area contributed by atoms with Crippen molar-refractivity contribution in [2.24, 2.45) is 4.99 Å². The van der Waals surface area contributed by atoms with Gasteiger partial charge in [0.2, 0.25) is 5.95 Å². The normalized spacial score (nSPS) is 11.2. The van der Waals surface area contributed by atoms with E-state index in [9.17, 15) is 4.79 Å². The van der Waals surface area contributed by atoms with Crippen molar-refractivity contribution in [1.82, 2.24) is 19.9 Å². The molecule has 0 saturated heterocycles. The molecule has 10 nitrogen and oxygen atoms in total. The number of aromatic nitrogens is 4. The van der Waals surface area contributed by atoms with E-state index in [-0.39, 0.29) is 0 Å².